The van der Waals surface area contributed by atoms with E-state index in [0.717, 1.165) is 102 Å². The molecule has 0 bridgehead atoms. The van der Waals surface area contributed by atoms with Crippen molar-refractivity contribution in [2.75, 3.05) is 39.3 Å². The van der Waals surface area contributed by atoms with Gasteiger partial charge in [0.05, 0.1) is 30.3 Å². The fourth-order valence-corrected chi connectivity index (χ4v) is 13.4. The highest BCUT2D eigenvalue weighted by molar-refractivity contribution is 6.48. The van der Waals surface area contributed by atoms with Gasteiger partial charge in [-0.3, -0.25) is 24.4 Å². The zero-order valence-corrected chi connectivity index (χ0v) is 55.7. The monoisotopic (exact) mass is 1270 g/mol. The smallest absolute Gasteiger partial charge is 0.338 e. The lowest BCUT2D eigenvalue weighted by Gasteiger charge is -2.47. The molecule has 87 heavy (non-hydrogen) atoms. The molecular formula is C67H87Cl4N11O5. The van der Waals surface area contributed by atoms with Crippen LogP contribution in [0.2, 0.25) is 20.1 Å². The zero-order chi connectivity index (χ0) is 63.2. The van der Waals surface area contributed by atoms with E-state index in [0.29, 0.717) is 71.4 Å². The Morgan fingerprint density at radius 2 is 0.989 bits per heavy atom. The number of rotatable bonds is 19. The van der Waals surface area contributed by atoms with Gasteiger partial charge in [0.25, 0.3) is 17.7 Å². The Bertz CT molecular complexity index is 3230. The maximum absolute atomic E-state index is 14.6. The molecule has 5 heterocycles. The number of ether oxygens (including phenoxy) is 1. The van der Waals surface area contributed by atoms with E-state index in [9.17, 15) is 19.2 Å². The van der Waals surface area contributed by atoms with Crippen LogP contribution in [-0.2, 0) is 20.9 Å². The van der Waals surface area contributed by atoms with Gasteiger partial charge in [0.15, 0.2) is 5.82 Å². The largest absolute Gasteiger partial charge is 0.459 e. The number of nitrogens with one attached hydrogen (secondary N) is 2. The molecule has 2 atom stereocenters. The molecule has 2 N–H and O–H groups in total. The number of esters is 1. The second-order valence-corrected chi connectivity index (χ2v) is 29.1. The molecule has 2 spiro atoms. The minimum absolute atomic E-state index is 0.0496. The molecule has 2 fully saturated rings. The van der Waals surface area contributed by atoms with Crippen LogP contribution in [0.15, 0.2) is 94.9 Å². The SMILES string of the molecule is CC(C)CN1CCC2(CC1)N=C(c1cc(Cl)cc(Cl)c1)C(=O)N2[C@H](CCC(C)(C)C)c1ccc(C(=O)NCc2nn[nH]n2)cc1.CC(C)CN1CCC2(CC1)N=C(c1cc(Cl)cc(Cl)c1)C(=O)N2[C@H](CCC(C)(C)C)c1ccc(C(=O)OC(C)C)cc1. The van der Waals surface area contributed by atoms with Crippen LogP contribution in [0, 0.1) is 22.7 Å². The lowest BCUT2D eigenvalue weighted by molar-refractivity contribution is -0.134. The van der Waals surface area contributed by atoms with Gasteiger partial charge in [-0.15, -0.1) is 10.2 Å². The highest BCUT2D eigenvalue weighted by Gasteiger charge is 2.54. The summed E-state index contributed by atoms with van der Waals surface area (Å²) in [6.45, 7) is 31.5. The second kappa shape index (κ2) is 28.4. The molecule has 2 saturated heterocycles. The van der Waals surface area contributed by atoms with Crippen molar-refractivity contribution >= 4 is 81.5 Å². The number of hydrogen-bond acceptors (Lipinski definition) is 12. The molecule has 4 aliphatic heterocycles. The maximum Gasteiger partial charge on any atom is 0.338 e. The summed E-state index contributed by atoms with van der Waals surface area (Å²) in [4.78, 5) is 74.1. The van der Waals surface area contributed by atoms with Crippen LogP contribution in [0.1, 0.15) is 195 Å². The minimum Gasteiger partial charge on any atom is -0.459 e. The zero-order valence-electron chi connectivity index (χ0n) is 52.7. The standard InChI is InChI=1S/C34H45Cl2N3O3.C33H42Cl2N8O2/c1-22(2)21-38-16-14-34(15-17-38)37-30(26-18-27(35)20-28(36)19-26)31(40)39(34)29(12-13-33(5,6)7)24-8-10-25(11-9-24)32(41)42-23(3)4;1-21(2)20-42-14-12-33(13-15-42)37-29(24-16-25(34)18-26(35)17-24)31(45)43(33)27(10-11-32(3,4)5)22-6-8-23(9-7-22)30(44)36-19-28-38-40-41-39-28/h8-11,18-20,22-23,29H,12-17,21H2,1-7H3;6-9,16-18,21,27H,10-15,19-20H2,1-5H3,(H,36,44)(H,38,39,40,41)/t29-;27-/m11/s1. The summed E-state index contributed by atoms with van der Waals surface area (Å²) in [7, 11) is 0. The summed E-state index contributed by atoms with van der Waals surface area (Å²) in [6.07, 6.45) is 6.06. The summed E-state index contributed by atoms with van der Waals surface area (Å²) in [5.41, 5.74) is 3.79. The summed E-state index contributed by atoms with van der Waals surface area (Å²) in [5, 5.41) is 18.4. The first-order chi connectivity index (χ1) is 41.0. The summed E-state index contributed by atoms with van der Waals surface area (Å²) >= 11 is 25.5. The number of H-pyrrole nitrogens is 1. The van der Waals surface area contributed by atoms with Crippen LogP contribution in [0.4, 0.5) is 0 Å². The van der Waals surface area contributed by atoms with Crippen LogP contribution in [-0.4, -0.2) is 132 Å². The van der Waals surface area contributed by atoms with E-state index in [1.807, 2.05) is 60.0 Å². The van der Waals surface area contributed by atoms with E-state index in [4.69, 9.17) is 61.1 Å². The molecule has 1 aromatic heterocycles. The minimum atomic E-state index is -0.697. The highest BCUT2D eigenvalue weighted by atomic mass is 35.5. The fourth-order valence-electron chi connectivity index (χ4n) is 12.3. The van der Waals surface area contributed by atoms with Crippen molar-refractivity contribution in [3.8, 4) is 0 Å². The van der Waals surface area contributed by atoms with Gasteiger partial charge < -0.3 is 29.7 Å². The lowest BCUT2D eigenvalue weighted by Crippen LogP contribution is -2.55. The van der Waals surface area contributed by atoms with Crippen LogP contribution in [0.25, 0.3) is 0 Å². The maximum atomic E-state index is 14.6. The number of tetrazole rings is 1. The van der Waals surface area contributed by atoms with Gasteiger partial charge >= 0.3 is 5.97 Å². The first kappa shape index (κ1) is 67.2. The molecule has 0 radical (unpaired) electrons. The molecule has 4 aliphatic rings. The Kier molecular flexibility index (Phi) is 21.9. The molecule has 4 aromatic carbocycles. The Balaban J connectivity index is 0.000000226. The highest BCUT2D eigenvalue weighted by Crippen LogP contribution is 2.47. The lowest BCUT2D eigenvalue weighted by atomic mass is 9.84. The van der Waals surface area contributed by atoms with Crippen molar-refractivity contribution in [1.82, 2.24) is 45.5 Å². The molecule has 16 nitrogen and oxygen atoms in total. The van der Waals surface area contributed by atoms with Gasteiger partial charge in [0.1, 0.15) is 22.7 Å². The second-order valence-electron chi connectivity index (χ2n) is 27.4. The first-order valence-electron chi connectivity index (χ1n) is 30.7. The number of carbonyl (C=O) groups excluding carboxylic acids is 4. The molecule has 3 amide bonds. The quantitative estimate of drug-likeness (QED) is 0.0755. The normalized spacial score (nSPS) is 17.9. The third-order valence-corrected chi connectivity index (χ3v) is 17.3. The summed E-state index contributed by atoms with van der Waals surface area (Å²) in [5.74, 6) is 0.698. The predicted octanol–water partition coefficient (Wildman–Crippen LogP) is 14.3. The van der Waals surface area contributed by atoms with E-state index < -0.39 is 11.3 Å². The van der Waals surface area contributed by atoms with Gasteiger partial charge in [-0.1, -0.05) is 145 Å². The number of amides is 3. The van der Waals surface area contributed by atoms with Crippen molar-refractivity contribution in [2.24, 2.45) is 32.7 Å². The van der Waals surface area contributed by atoms with Crippen molar-refractivity contribution in [3.63, 3.8) is 0 Å². The van der Waals surface area contributed by atoms with E-state index >= 15 is 0 Å². The van der Waals surface area contributed by atoms with E-state index in [2.05, 4.69) is 105 Å². The van der Waals surface area contributed by atoms with Crippen LogP contribution >= 0.6 is 46.4 Å². The number of nitrogens with zero attached hydrogens (tertiary/aromatic N) is 9. The number of aromatic amines is 1. The molecule has 9 rings (SSSR count). The van der Waals surface area contributed by atoms with E-state index in [1.165, 1.54) is 0 Å². The number of piperidine rings is 2. The molecular weight excluding hydrogens is 1180 g/mol. The third-order valence-electron chi connectivity index (χ3n) is 16.4. The molecule has 0 saturated carbocycles. The number of carbonyl (C=O) groups is 4. The van der Waals surface area contributed by atoms with Crippen molar-refractivity contribution < 1.29 is 23.9 Å². The Hall–Kier alpha value is -5.75. The van der Waals surface area contributed by atoms with Gasteiger partial charge in [0, 0.05) is 102 Å². The van der Waals surface area contributed by atoms with Crippen LogP contribution < -0.4 is 5.32 Å². The average Bonchev–Trinajstić information content (AvgIpc) is 1.71. The number of benzene rings is 4. The van der Waals surface area contributed by atoms with Gasteiger partial charge in [0.2, 0.25) is 0 Å². The van der Waals surface area contributed by atoms with Gasteiger partial charge in [-0.25, -0.2) is 4.79 Å². The van der Waals surface area contributed by atoms with E-state index in [1.54, 1.807) is 48.5 Å². The third kappa shape index (κ3) is 17.4. The number of likely N-dealkylation sites (tertiary alicyclic amines) is 2. The Labute approximate surface area is 534 Å². The van der Waals surface area contributed by atoms with Crippen LogP contribution in [0.3, 0.4) is 0 Å². The molecule has 5 aromatic rings. The van der Waals surface area contributed by atoms with Gasteiger partial charge in [-0.2, -0.15) is 5.21 Å². The molecule has 468 valence electrons. The van der Waals surface area contributed by atoms with E-state index in [-0.39, 0.29) is 59.3 Å². The number of aliphatic imine (C=N–C) groups is 2. The number of aromatic nitrogens is 4. The molecule has 20 heteroatoms. The van der Waals surface area contributed by atoms with Crippen molar-refractivity contribution in [2.45, 2.75) is 171 Å². The average molecular weight is 1270 g/mol. The predicted molar refractivity (Wildman–Crippen MR) is 348 cm³/mol. The molecule has 0 unspecified atom stereocenters. The summed E-state index contributed by atoms with van der Waals surface area (Å²) < 4.78 is 5.41. The van der Waals surface area contributed by atoms with Gasteiger partial charge in [-0.05, 0) is 134 Å². The summed E-state index contributed by atoms with van der Waals surface area (Å²) in [6, 6.07) is 25.0. The molecule has 0 aliphatic carbocycles. The van der Waals surface area contributed by atoms with Crippen LogP contribution in [0.5, 0.6) is 0 Å². The van der Waals surface area contributed by atoms with Crippen molar-refractivity contribution in [1.29, 1.82) is 0 Å². The number of halogens is 4. The topological polar surface area (TPSA) is 182 Å². The van der Waals surface area contributed by atoms with Crippen molar-refractivity contribution in [3.05, 3.63) is 144 Å². The first-order valence-corrected chi connectivity index (χ1v) is 32.2. The Morgan fingerprint density at radius 3 is 1.33 bits per heavy atom. The number of hydrogen-bond donors (Lipinski definition) is 2. The fraction of sp³-hybridized carbons (Fsp3) is 0.537. The Morgan fingerprint density at radius 1 is 0.598 bits per heavy atom.